The summed E-state index contributed by atoms with van der Waals surface area (Å²) < 4.78 is 14.1. The highest BCUT2D eigenvalue weighted by molar-refractivity contribution is 6.02. The SMILES string of the molecule is CC(=O)NC(Cc1c[nH]c2ccccc12)C(=O)NC1CCN(c2ccccc2F)C1=O. The van der Waals surface area contributed by atoms with E-state index >= 15 is 0 Å². The average Bonchev–Trinajstić information content (AvgIpc) is 3.31. The Morgan fingerprint density at radius 2 is 1.94 bits per heavy atom. The fourth-order valence-electron chi connectivity index (χ4n) is 3.97. The smallest absolute Gasteiger partial charge is 0.249 e. The van der Waals surface area contributed by atoms with Crippen LogP contribution in [0.25, 0.3) is 10.9 Å². The molecule has 0 spiro atoms. The van der Waals surface area contributed by atoms with E-state index < -0.39 is 23.8 Å². The van der Waals surface area contributed by atoms with Crippen molar-refractivity contribution in [2.45, 2.75) is 31.8 Å². The Kier molecular flexibility index (Phi) is 5.70. The fraction of sp³-hybridized carbons (Fsp3) is 0.261. The largest absolute Gasteiger partial charge is 0.361 e. The van der Waals surface area contributed by atoms with Gasteiger partial charge in [-0.1, -0.05) is 30.3 Å². The molecule has 0 saturated carbocycles. The van der Waals surface area contributed by atoms with E-state index in [0.29, 0.717) is 13.0 Å². The summed E-state index contributed by atoms with van der Waals surface area (Å²) in [6.45, 7) is 1.65. The number of carbonyl (C=O) groups is 3. The van der Waals surface area contributed by atoms with Gasteiger partial charge in [-0.2, -0.15) is 0 Å². The molecule has 0 bridgehead atoms. The maximum atomic E-state index is 14.1. The number of nitrogens with one attached hydrogen (secondary N) is 3. The number of amides is 3. The first-order valence-electron chi connectivity index (χ1n) is 10.1. The Balaban J connectivity index is 1.48. The normalized spacial score (nSPS) is 17.0. The number of hydrogen-bond donors (Lipinski definition) is 3. The first-order chi connectivity index (χ1) is 14.9. The molecule has 1 aliphatic heterocycles. The van der Waals surface area contributed by atoms with Gasteiger partial charge in [0.25, 0.3) is 0 Å². The topological polar surface area (TPSA) is 94.3 Å². The molecule has 2 unspecified atom stereocenters. The van der Waals surface area contributed by atoms with Crippen molar-refractivity contribution >= 4 is 34.3 Å². The van der Waals surface area contributed by atoms with Gasteiger partial charge in [0.2, 0.25) is 17.7 Å². The number of hydrogen-bond acceptors (Lipinski definition) is 3. The average molecular weight is 422 g/mol. The molecule has 3 N–H and O–H groups in total. The second-order valence-electron chi connectivity index (χ2n) is 7.61. The fourth-order valence-corrected chi connectivity index (χ4v) is 3.97. The number of halogens is 1. The van der Waals surface area contributed by atoms with Gasteiger partial charge in [0, 0.05) is 37.0 Å². The van der Waals surface area contributed by atoms with Crippen LogP contribution in [0.4, 0.5) is 10.1 Å². The van der Waals surface area contributed by atoms with Crippen molar-refractivity contribution in [2.75, 3.05) is 11.4 Å². The molecule has 0 aliphatic carbocycles. The van der Waals surface area contributed by atoms with Gasteiger partial charge >= 0.3 is 0 Å². The van der Waals surface area contributed by atoms with E-state index in [0.717, 1.165) is 16.5 Å². The maximum Gasteiger partial charge on any atom is 0.249 e. The number of carbonyl (C=O) groups excluding carboxylic acids is 3. The Hall–Kier alpha value is -3.68. The molecule has 1 aromatic heterocycles. The summed E-state index contributed by atoms with van der Waals surface area (Å²) >= 11 is 0. The van der Waals surface area contributed by atoms with Gasteiger partial charge < -0.3 is 20.5 Å². The highest BCUT2D eigenvalue weighted by Crippen LogP contribution is 2.25. The second-order valence-corrected chi connectivity index (χ2v) is 7.61. The van der Waals surface area contributed by atoms with Crippen molar-refractivity contribution in [3.8, 4) is 0 Å². The Labute approximate surface area is 178 Å². The van der Waals surface area contributed by atoms with Gasteiger partial charge in [-0.15, -0.1) is 0 Å². The highest BCUT2D eigenvalue weighted by Gasteiger charge is 2.36. The summed E-state index contributed by atoms with van der Waals surface area (Å²) in [6.07, 6.45) is 2.44. The molecule has 4 rings (SSSR count). The Bertz CT molecular complexity index is 1140. The van der Waals surface area contributed by atoms with Crippen LogP contribution in [0.15, 0.2) is 54.7 Å². The summed E-state index contributed by atoms with van der Waals surface area (Å²) in [5, 5.41) is 6.38. The van der Waals surface area contributed by atoms with Crippen LogP contribution in [0.5, 0.6) is 0 Å². The van der Waals surface area contributed by atoms with Crippen LogP contribution in [-0.4, -0.2) is 41.3 Å². The molecular formula is C23H23FN4O3. The van der Waals surface area contributed by atoms with Gasteiger partial charge in [0.15, 0.2) is 0 Å². The minimum Gasteiger partial charge on any atom is -0.361 e. The number of rotatable bonds is 6. The van der Waals surface area contributed by atoms with E-state index in [9.17, 15) is 18.8 Å². The van der Waals surface area contributed by atoms with Crippen LogP contribution in [0.1, 0.15) is 18.9 Å². The molecular weight excluding hydrogens is 399 g/mol. The Morgan fingerprint density at radius 3 is 2.71 bits per heavy atom. The number of para-hydroxylation sites is 2. The van der Waals surface area contributed by atoms with E-state index in [1.54, 1.807) is 12.1 Å². The van der Waals surface area contributed by atoms with Gasteiger partial charge in [-0.25, -0.2) is 4.39 Å². The number of fused-ring (bicyclic) bond motifs is 1. The molecule has 8 heteroatoms. The number of aromatic nitrogens is 1. The van der Waals surface area contributed by atoms with Crippen LogP contribution < -0.4 is 15.5 Å². The standard InChI is InChI=1S/C23H23FN4O3/c1-14(29)26-20(12-15-13-25-18-8-4-2-6-16(15)18)22(30)27-19-10-11-28(23(19)31)21-9-5-3-7-17(21)24/h2-9,13,19-20,25H,10-12H2,1H3,(H,26,29)(H,27,30). The van der Waals surface area contributed by atoms with E-state index in [4.69, 9.17) is 0 Å². The van der Waals surface area contributed by atoms with Crippen molar-refractivity contribution in [1.82, 2.24) is 15.6 Å². The van der Waals surface area contributed by atoms with Crippen molar-refractivity contribution in [1.29, 1.82) is 0 Å². The third-order valence-corrected chi connectivity index (χ3v) is 5.46. The maximum absolute atomic E-state index is 14.1. The van der Waals surface area contributed by atoms with E-state index in [1.165, 1.54) is 24.0 Å². The summed E-state index contributed by atoms with van der Waals surface area (Å²) in [6, 6.07) is 12.1. The molecule has 3 aromatic rings. The van der Waals surface area contributed by atoms with Gasteiger partial charge in [-0.3, -0.25) is 14.4 Å². The van der Waals surface area contributed by atoms with E-state index in [1.807, 2.05) is 30.5 Å². The molecule has 160 valence electrons. The number of anilines is 1. The first kappa shape index (κ1) is 20.6. The molecule has 2 heterocycles. The summed E-state index contributed by atoms with van der Waals surface area (Å²) in [5.41, 5.74) is 2.02. The molecule has 3 amide bonds. The summed E-state index contributed by atoms with van der Waals surface area (Å²) in [5.74, 6) is -1.65. The first-order valence-corrected chi connectivity index (χ1v) is 10.1. The molecule has 2 aromatic carbocycles. The van der Waals surface area contributed by atoms with Crippen molar-refractivity contribution in [3.05, 3.63) is 66.1 Å². The monoisotopic (exact) mass is 422 g/mol. The lowest BCUT2D eigenvalue weighted by atomic mass is 10.0. The molecule has 1 saturated heterocycles. The number of benzene rings is 2. The third-order valence-electron chi connectivity index (χ3n) is 5.46. The Morgan fingerprint density at radius 1 is 1.19 bits per heavy atom. The number of nitrogens with zero attached hydrogens (tertiary/aromatic N) is 1. The van der Waals surface area contributed by atoms with Crippen molar-refractivity contribution in [2.24, 2.45) is 0 Å². The van der Waals surface area contributed by atoms with Gasteiger partial charge in [0.1, 0.15) is 17.9 Å². The van der Waals surface area contributed by atoms with Crippen LogP contribution in [0, 0.1) is 5.82 Å². The molecule has 0 radical (unpaired) electrons. The van der Waals surface area contributed by atoms with Gasteiger partial charge in [0.05, 0.1) is 5.69 Å². The molecule has 7 nitrogen and oxygen atoms in total. The molecule has 2 atom stereocenters. The molecule has 1 aliphatic rings. The molecule has 31 heavy (non-hydrogen) atoms. The number of H-pyrrole nitrogens is 1. The van der Waals surface area contributed by atoms with Gasteiger partial charge in [-0.05, 0) is 30.2 Å². The lowest BCUT2D eigenvalue weighted by Crippen LogP contribution is -2.52. The minimum atomic E-state index is -0.841. The third kappa shape index (κ3) is 4.28. The zero-order valence-electron chi connectivity index (χ0n) is 17.0. The van der Waals surface area contributed by atoms with Crippen LogP contribution in [0.2, 0.25) is 0 Å². The second kappa shape index (κ2) is 8.59. The minimum absolute atomic E-state index is 0.196. The van der Waals surface area contributed by atoms with E-state index in [-0.39, 0.29) is 23.9 Å². The van der Waals surface area contributed by atoms with E-state index in [2.05, 4.69) is 15.6 Å². The zero-order chi connectivity index (χ0) is 22.0. The van der Waals surface area contributed by atoms with Crippen LogP contribution >= 0.6 is 0 Å². The number of aromatic amines is 1. The van der Waals surface area contributed by atoms with Crippen molar-refractivity contribution < 1.29 is 18.8 Å². The van der Waals surface area contributed by atoms with Crippen LogP contribution in [0.3, 0.4) is 0 Å². The lowest BCUT2D eigenvalue weighted by molar-refractivity contribution is -0.130. The quantitative estimate of drug-likeness (QED) is 0.569. The predicted molar refractivity (Wildman–Crippen MR) is 115 cm³/mol. The van der Waals surface area contributed by atoms with Crippen molar-refractivity contribution in [3.63, 3.8) is 0 Å². The molecule has 1 fully saturated rings. The predicted octanol–water partition coefficient (Wildman–Crippen LogP) is 2.28. The zero-order valence-corrected chi connectivity index (χ0v) is 17.0. The lowest BCUT2D eigenvalue weighted by Gasteiger charge is -2.21. The van der Waals surface area contributed by atoms with Crippen LogP contribution in [-0.2, 0) is 20.8 Å². The summed E-state index contributed by atoms with van der Waals surface area (Å²) in [7, 11) is 0. The summed E-state index contributed by atoms with van der Waals surface area (Å²) in [4.78, 5) is 42.0. The highest BCUT2D eigenvalue weighted by atomic mass is 19.1.